The van der Waals surface area contributed by atoms with Crippen LogP contribution in [-0.4, -0.2) is 21.2 Å². The van der Waals surface area contributed by atoms with Crippen molar-refractivity contribution in [3.05, 3.63) is 47.1 Å². The molecule has 86 valence electrons. The Morgan fingerprint density at radius 2 is 1.88 bits per heavy atom. The smallest absolute Gasteiger partial charge is 0.339 e. The van der Waals surface area contributed by atoms with Gasteiger partial charge in [0.2, 0.25) is 0 Å². The van der Waals surface area contributed by atoms with E-state index >= 15 is 0 Å². The zero-order valence-corrected chi connectivity index (χ0v) is 9.35. The molecule has 1 aromatic heterocycles. The molecule has 0 unspecified atom stereocenters. The molecule has 0 fully saturated rings. The standard InChI is InChI=1S/C12H8ClNO3/c13-8-3-1-7(2-4-8)10-5-9(12(16)17)11(15)6-14-10/h1-6,15H,(H,16,17). The van der Waals surface area contributed by atoms with E-state index in [1.165, 1.54) is 6.07 Å². The summed E-state index contributed by atoms with van der Waals surface area (Å²) in [6, 6.07) is 8.15. The predicted octanol–water partition coefficient (Wildman–Crippen LogP) is 2.81. The topological polar surface area (TPSA) is 70.4 Å². The fourth-order valence-electron chi connectivity index (χ4n) is 1.40. The maximum absolute atomic E-state index is 10.9. The van der Waals surface area contributed by atoms with Crippen molar-refractivity contribution in [1.29, 1.82) is 0 Å². The first-order chi connectivity index (χ1) is 8.08. The van der Waals surface area contributed by atoms with Crippen LogP contribution in [0.15, 0.2) is 36.5 Å². The number of halogens is 1. The molecule has 0 radical (unpaired) electrons. The third kappa shape index (κ3) is 2.37. The Hall–Kier alpha value is -2.07. The highest BCUT2D eigenvalue weighted by atomic mass is 35.5. The van der Waals surface area contributed by atoms with Crippen molar-refractivity contribution in [3.63, 3.8) is 0 Å². The largest absolute Gasteiger partial charge is 0.505 e. The predicted molar refractivity (Wildman–Crippen MR) is 63.3 cm³/mol. The van der Waals surface area contributed by atoms with Gasteiger partial charge in [-0.05, 0) is 18.2 Å². The second-order valence-electron chi connectivity index (χ2n) is 3.40. The minimum absolute atomic E-state index is 0.176. The molecule has 0 saturated heterocycles. The van der Waals surface area contributed by atoms with Crippen molar-refractivity contribution >= 4 is 17.6 Å². The van der Waals surface area contributed by atoms with Crippen molar-refractivity contribution in [3.8, 4) is 17.0 Å². The average Bonchev–Trinajstić information content (AvgIpc) is 2.30. The Balaban J connectivity index is 2.50. The van der Waals surface area contributed by atoms with Crippen LogP contribution >= 0.6 is 11.6 Å². The quantitative estimate of drug-likeness (QED) is 0.859. The third-order valence-corrected chi connectivity index (χ3v) is 2.51. The van der Waals surface area contributed by atoms with Crippen LogP contribution in [0.5, 0.6) is 5.75 Å². The van der Waals surface area contributed by atoms with Gasteiger partial charge in [0, 0.05) is 10.6 Å². The van der Waals surface area contributed by atoms with Gasteiger partial charge in [0.15, 0.2) is 0 Å². The number of carboxylic acid groups (broad SMARTS) is 1. The molecule has 0 spiro atoms. The van der Waals surface area contributed by atoms with Crippen molar-refractivity contribution in [2.45, 2.75) is 0 Å². The number of aromatic nitrogens is 1. The van der Waals surface area contributed by atoms with Gasteiger partial charge in [-0.25, -0.2) is 4.79 Å². The number of rotatable bonds is 2. The molecule has 0 amide bonds. The molecular weight excluding hydrogens is 242 g/mol. The van der Waals surface area contributed by atoms with E-state index in [0.717, 1.165) is 11.8 Å². The molecule has 0 aliphatic heterocycles. The molecule has 0 bridgehead atoms. The number of aromatic hydroxyl groups is 1. The Bertz CT molecular complexity index is 566. The SMILES string of the molecule is O=C(O)c1cc(-c2ccc(Cl)cc2)ncc1O. The van der Waals surface area contributed by atoms with E-state index in [0.29, 0.717) is 10.7 Å². The molecule has 2 rings (SSSR count). The summed E-state index contributed by atoms with van der Waals surface area (Å²) >= 11 is 5.75. The van der Waals surface area contributed by atoms with Crippen LogP contribution in [0.25, 0.3) is 11.3 Å². The average molecular weight is 250 g/mol. The first-order valence-corrected chi connectivity index (χ1v) is 5.14. The number of benzene rings is 1. The van der Waals surface area contributed by atoms with Crippen LogP contribution in [0, 0.1) is 0 Å². The highest BCUT2D eigenvalue weighted by Crippen LogP contribution is 2.24. The Kier molecular flexibility index (Phi) is 2.97. The fraction of sp³-hybridized carbons (Fsp3) is 0. The monoisotopic (exact) mass is 249 g/mol. The highest BCUT2D eigenvalue weighted by Gasteiger charge is 2.11. The van der Waals surface area contributed by atoms with Gasteiger partial charge in [-0.3, -0.25) is 4.98 Å². The van der Waals surface area contributed by atoms with Gasteiger partial charge in [-0.2, -0.15) is 0 Å². The van der Waals surface area contributed by atoms with E-state index in [-0.39, 0.29) is 11.3 Å². The number of aromatic carboxylic acids is 1. The maximum Gasteiger partial charge on any atom is 0.339 e. The number of carboxylic acids is 1. The molecule has 1 aromatic carbocycles. The summed E-state index contributed by atoms with van der Waals surface area (Å²) in [5, 5.41) is 18.8. The van der Waals surface area contributed by atoms with E-state index in [2.05, 4.69) is 4.98 Å². The lowest BCUT2D eigenvalue weighted by Gasteiger charge is -2.04. The van der Waals surface area contributed by atoms with E-state index in [1.807, 2.05) is 0 Å². The summed E-state index contributed by atoms with van der Waals surface area (Å²) in [5.41, 5.74) is 1.03. The lowest BCUT2D eigenvalue weighted by molar-refractivity contribution is 0.0693. The van der Waals surface area contributed by atoms with Crippen molar-refractivity contribution in [2.75, 3.05) is 0 Å². The first kappa shape index (κ1) is 11.4. The number of hydrogen-bond donors (Lipinski definition) is 2. The van der Waals surface area contributed by atoms with Gasteiger partial charge in [-0.1, -0.05) is 23.7 Å². The highest BCUT2D eigenvalue weighted by molar-refractivity contribution is 6.30. The minimum atomic E-state index is -1.19. The van der Waals surface area contributed by atoms with Gasteiger partial charge < -0.3 is 10.2 Å². The number of carbonyl (C=O) groups is 1. The zero-order chi connectivity index (χ0) is 12.4. The van der Waals surface area contributed by atoms with Crippen LogP contribution < -0.4 is 0 Å². The third-order valence-electron chi connectivity index (χ3n) is 2.25. The molecule has 0 saturated carbocycles. The van der Waals surface area contributed by atoms with Gasteiger partial charge in [0.05, 0.1) is 11.9 Å². The molecule has 1 heterocycles. The number of hydrogen-bond acceptors (Lipinski definition) is 3. The lowest BCUT2D eigenvalue weighted by atomic mass is 10.1. The van der Waals surface area contributed by atoms with Crippen LogP contribution in [0.1, 0.15) is 10.4 Å². The summed E-state index contributed by atoms with van der Waals surface area (Å²) in [7, 11) is 0. The summed E-state index contributed by atoms with van der Waals surface area (Å²) in [6.07, 6.45) is 1.12. The molecule has 0 aliphatic rings. The normalized spacial score (nSPS) is 10.2. The Morgan fingerprint density at radius 1 is 1.24 bits per heavy atom. The maximum atomic E-state index is 10.9. The first-order valence-electron chi connectivity index (χ1n) is 4.76. The van der Waals surface area contributed by atoms with Crippen LogP contribution in [0.4, 0.5) is 0 Å². The Labute approximate surface area is 102 Å². The fourth-order valence-corrected chi connectivity index (χ4v) is 1.52. The lowest BCUT2D eigenvalue weighted by Crippen LogP contribution is -1.98. The van der Waals surface area contributed by atoms with Crippen molar-refractivity contribution in [1.82, 2.24) is 4.98 Å². The number of pyridine rings is 1. The molecule has 0 aliphatic carbocycles. The summed E-state index contributed by atoms with van der Waals surface area (Å²) in [4.78, 5) is 14.8. The van der Waals surface area contributed by atoms with Gasteiger partial charge in [0.1, 0.15) is 11.3 Å². The molecule has 5 heteroatoms. The Morgan fingerprint density at radius 3 is 2.47 bits per heavy atom. The van der Waals surface area contributed by atoms with Crippen LogP contribution in [0.2, 0.25) is 5.02 Å². The van der Waals surface area contributed by atoms with E-state index in [1.54, 1.807) is 24.3 Å². The van der Waals surface area contributed by atoms with E-state index in [4.69, 9.17) is 16.7 Å². The van der Waals surface area contributed by atoms with Crippen LogP contribution in [0.3, 0.4) is 0 Å². The van der Waals surface area contributed by atoms with E-state index in [9.17, 15) is 9.90 Å². The second-order valence-corrected chi connectivity index (χ2v) is 3.84. The second kappa shape index (κ2) is 4.43. The van der Waals surface area contributed by atoms with Gasteiger partial charge >= 0.3 is 5.97 Å². The summed E-state index contributed by atoms with van der Waals surface area (Å²) in [5.74, 6) is -1.55. The molecule has 0 atom stereocenters. The van der Waals surface area contributed by atoms with Crippen LogP contribution in [-0.2, 0) is 0 Å². The van der Waals surface area contributed by atoms with Crippen molar-refractivity contribution in [2.24, 2.45) is 0 Å². The van der Waals surface area contributed by atoms with Crippen molar-refractivity contribution < 1.29 is 15.0 Å². The summed E-state index contributed by atoms with van der Waals surface area (Å²) in [6.45, 7) is 0. The minimum Gasteiger partial charge on any atom is -0.505 e. The van der Waals surface area contributed by atoms with Gasteiger partial charge in [0.25, 0.3) is 0 Å². The molecule has 2 N–H and O–H groups in total. The number of nitrogens with zero attached hydrogens (tertiary/aromatic N) is 1. The zero-order valence-electron chi connectivity index (χ0n) is 8.59. The molecule has 4 nitrogen and oxygen atoms in total. The van der Waals surface area contributed by atoms with E-state index < -0.39 is 5.97 Å². The van der Waals surface area contributed by atoms with Gasteiger partial charge in [-0.15, -0.1) is 0 Å². The summed E-state index contributed by atoms with van der Waals surface area (Å²) < 4.78 is 0. The molecular formula is C12H8ClNO3. The molecule has 17 heavy (non-hydrogen) atoms. The molecule has 2 aromatic rings.